The third-order valence-corrected chi connectivity index (χ3v) is 7.31. The first-order valence-electron chi connectivity index (χ1n) is 13.0. The summed E-state index contributed by atoms with van der Waals surface area (Å²) >= 11 is 5.97. The highest BCUT2D eigenvalue weighted by atomic mass is 35.5. The van der Waals surface area contributed by atoms with Crippen molar-refractivity contribution in [3.63, 3.8) is 0 Å². The minimum absolute atomic E-state index is 0.0351. The van der Waals surface area contributed by atoms with E-state index in [1.54, 1.807) is 30.3 Å². The van der Waals surface area contributed by atoms with E-state index in [-0.39, 0.29) is 38.6 Å². The summed E-state index contributed by atoms with van der Waals surface area (Å²) in [5.41, 5.74) is 3.46. The van der Waals surface area contributed by atoms with Gasteiger partial charge in [-0.25, -0.2) is 4.79 Å². The summed E-state index contributed by atoms with van der Waals surface area (Å²) in [6.07, 6.45) is 0.500. The number of furan rings is 1. The lowest BCUT2D eigenvalue weighted by Crippen LogP contribution is -2.48. The average Bonchev–Trinajstić information content (AvgIpc) is 3.18. The monoisotopic (exact) mass is 566 g/mol. The molecule has 0 saturated heterocycles. The van der Waals surface area contributed by atoms with Gasteiger partial charge < -0.3 is 24.6 Å². The summed E-state index contributed by atoms with van der Waals surface area (Å²) < 4.78 is 11.3. The second-order valence-corrected chi connectivity index (χ2v) is 10.3. The Labute approximate surface area is 235 Å². The summed E-state index contributed by atoms with van der Waals surface area (Å²) in [4.78, 5) is 49.4. The van der Waals surface area contributed by atoms with Gasteiger partial charge in [-0.15, -0.1) is 0 Å². The molecule has 40 heavy (non-hydrogen) atoms. The quantitative estimate of drug-likeness (QED) is 0.176. The van der Waals surface area contributed by atoms with Crippen LogP contribution < -0.4 is 16.3 Å². The van der Waals surface area contributed by atoms with Crippen molar-refractivity contribution in [2.75, 3.05) is 6.54 Å². The maximum atomic E-state index is 13.0. The molecule has 2 aromatic carbocycles. The molecule has 0 spiro atoms. The molecule has 2 amide bonds. The highest BCUT2D eigenvalue weighted by molar-refractivity contribution is 6.30. The Morgan fingerprint density at radius 1 is 0.950 bits per heavy atom. The number of fused-ring (bicyclic) bond motifs is 2. The molecule has 1 atom stereocenters. The smallest absolute Gasteiger partial charge is 0.339 e. The van der Waals surface area contributed by atoms with Gasteiger partial charge in [0.15, 0.2) is 0 Å². The molecule has 0 saturated carbocycles. The van der Waals surface area contributed by atoms with E-state index < -0.39 is 29.5 Å². The third-order valence-electron chi connectivity index (χ3n) is 7.06. The standard InChI is InChI=1S/C30H31ClN2O7/c1-16-18(3)39-25-15-26-23(14-22(16)25)17(2)21(30(38)40-26)10-11-27(34)33-24(13-19-6-8-20(31)9-7-19)29(37)32-12-4-5-28(35)36/h6-9,14-15,24H,4-5,10-13H2,1-3H3,(H,32,37)(H,33,34)(H,35,36)/t24-/m1/s1. The second kappa shape index (κ2) is 12.4. The van der Waals surface area contributed by atoms with Gasteiger partial charge >= 0.3 is 11.6 Å². The third kappa shape index (κ3) is 6.71. The fourth-order valence-corrected chi connectivity index (χ4v) is 4.78. The number of carbonyl (C=O) groups excluding carboxylic acids is 2. The van der Waals surface area contributed by atoms with E-state index >= 15 is 0 Å². The number of amides is 2. The van der Waals surface area contributed by atoms with Crippen molar-refractivity contribution in [3.8, 4) is 0 Å². The number of rotatable bonds is 11. The molecule has 0 radical (unpaired) electrons. The zero-order chi connectivity index (χ0) is 29.0. The number of hydrogen-bond acceptors (Lipinski definition) is 6. The Balaban J connectivity index is 1.49. The molecular formula is C30H31ClN2O7. The molecule has 2 heterocycles. The molecule has 0 bridgehead atoms. The van der Waals surface area contributed by atoms with Gasteiger partial charge in [0.1, 0.15) is 23.0 Å². The van der Waals surface area contributed by atoms with E-state index in [0.717, 1.165) is 33.2 Å². The maximum absolute atomic E-state index is 13.0. The highest BCUT2D eigenvalue weighted by Gasteiger charge is 2.22. The van der Waals surface area contributed by atoms with Gasteiger partial charge in [0, 0.05) is 53.2 Å². The van der Waals surface area contributed by atoms with Crippen LogP contribution in [0.15, 0.2) is 50.0 Å². The van der Waals surface area contributed by atoms with Gasteiger partial charge in [-0.1, -0.05) is 23.7 Å². The summed E-state index contributed by atoms with van der Waals surface area (Å²) in [5, 5.41) is 16.5. The predicted octanol–water partition coefficient (Wildman–Crippen LogP) is 4.76. The lowest BCUT2D eigenvalue weighted by molar-refractivity contribution is -0.137. The van der Waals surface area contributed by atoms with Crippen LogP contribution >= 0.6 is 11.6 Å². The summed E-state index contributed by atoms with van der Waals surface area (Å²) in [7, 11) is 0. The lowest BCUT2D eigenvalue weighted by atomic mass is 10.00. The van der Waals surface area contributed by atoms with E-state index in [2.05, 4.69) is 10.6 Å². The van der Waals surface area contributed by atoms with Crippen LogP contribution in [0.2, 0.25) is 5.02 Å². The molecule has 0 unspecified atom stereocenters. The Morgan fingerprint density at radius 3 is 2.33 bits per heavy atom. The van der Waals surface area contributed by atoms with Crippen LogP contribution in [0.1, 0.15) is 47.3 Å². The number of carboxylic acids is 1. The average molecular weight is 567 g/mol. The molecule has 4 rings (SSSR count). The second-order valence-electron chi connectivity index (χ2n) is 9.86. The van der Waals surface area contributed by atoms with Crippen molar-refractivity contribution in [2.24, 2.45) is 0 Å². The Morgan fingerprint density at radius 2 is 1.62 bits per heavy atom. The van der Waals surface area contributed by atoms with Crippen LogP contribution in [0.3, 0.4) is 0 Å². The Hall–Kier alpha value is -4.11. The summed E-state index contributed by atoms with van der Waals surface area (Å²) in [5.74, 6) is -0.991. The number of carboxylic acid groups (broad SMARTS) is 1. The maximum Gasteiger partial charge on any atom is 0.339 e. The molecule has 210 valence electrons. The van der Waals surface area contributed by atoms with E-state index in [9.17, 15) is 19.2 Å². The Kier molecular flexibility index (Phi) is 8.94. The molecule has 2 aromatic heterocycles. The van der Waals surface area contributed by atoms with E-state index in [4.69, 9.17) is 25.5 Å². The minimum atomic E-state index is -0.951. The van der Waals surface area contributed by atoms with Crippen LogP contribution in [-0.2, 0) is 27.2 Å². The van der Waals surface area contributed by atoms with Crippen LogP contribution in [-0.4, -0.2) is 35.5 Å². The normalized spacial score (nSPS) is 12.0. The van der Waals surface area contributed by atoms with Crippen molar-refractivity contribution in [2.45, 2.75) is 58.9 Å². The fraction of sp³-hybridized carbons (Fsp3) is 0.333. The molecule has 10 heteroatoms. The fourth-order valence-electron chi connectivity index (χ4n) is 4.66. The van der Waals surface area contributed by atoms with E-state index in [1.807, 2.05) is 26.8 Å². The van der Waals surface area contributed by atoms with Gasteiger partial charge in [0.25, 0.3) is 0 Å². The largest absolute Gasteiger partial charge is 0.481 e. The SMILES string of the molecule is Cc1oc2cc3oc(=O)c(CCC(=O)N[C@H](Cc4ccc(Cl)cc4)C(=O)NCCCC(=O)O)c(C)c3cc2c1C. The van der Waals surface area contributed by atoms with E-state index in [0.29, 0.717) is 21.8 Å². The van der Waals surface area contributed by atoms with Crippen LogP contribution in [0.25, 0.3) is 21.9 Å². The molecule has 3 N–H and O–H groups in total. The molecule has 0 aliphatic rings. The summed E-state index contributed by atoms with van der Waals surface area (Å²) in [6.45, 7) is 5.84. The van der Waals surface area contributed by atoms with Gasteiger partial charge in [-0.2, -0.15) is 0 Å². The van der Waals surface area contributed by atoms with Crippen molar-refractivity contribution in [3.05, 3.63) is 79.9 Å². The molecular weight excluding hydrogens is 536 g/mol. The topological polar surface area (TPSA) is 139 Å². The molecule has 0 aliphatic carbocycles. The Bertz CT molecular complexity index is 1640. The highest BCUT2D eigenvalue weighted by Crippen LogP contribution is 2.31. The first-order chi connectivity index (χ1) is 19.0. The molecule has 0 fully saturated rings. The number of aliphatic carboxylic acids is 1. The van der Waals surface area contributed by atoms with Crippen LogP contribution in [0.4, 0.5) is 0 Å². The van der Waals surface area contributed by atoms with Crippen molar-refractivity contribution in [1.29, 1.82) is 0 Å². The van der Waals surface area contributed by atoms with Gasteiger partial charge in [-0.05, 0) is 68.5 Å². The van der Waals surface area contributed by atoms with Crippen LogP contribution in [0, 0.1) is 20.8 Å². The summed E-state index contributed by atoms with van der Waals surface area (Å²) in [6, 6.07) is 9.69. The number of hydrogen-bond donors (Lipinski definition) is 3. The zero-order valence-electron chi connectivity index (χ0n) is 22.6. The van der Waals surface area contributed by atoms with E-state index in [1.165, 1.54) is 0 Å². The molecule has 4 aromatic rings. The number of halogens is 1. The van der Waals surface area contributed by atoms with Crippen molar-refractivity contribution < 1.29 is 28.3 Å². The zero-order valence-corrected chi connectivity index (χ0v) is 23.3. The van der Waals surface area contributed by atoms with Crippen molar-refractivity contribution >= 4 is 51.3 Å². The van der Waals surface area contributed by atoms with Crippen molar-refractivity contribution in [1.82, 2.24) is 10.6 Å². The van der Waals surface area contributed by atoms with Crippen LogP contribution in [0.5, 0.6) is 0 Å². The van der Waals surface area contributed by atoms with Gasteiger partial charge in [0.05, 0.1) is 0 Å². The van der Waals surface area contributed by atoms with Gasteiger partial charge in [0.2, 0.25) is 11.8 Å². The predicted molar refractivity (Wildman–Crippen MR) is 152 cm³/mol. The molecule has 9 nitrogen and oxygen atoms in total. The number of carbonyl (C=O) groups is 3. The first-order valence-corrected chi connectivity index (χ1v) is 13.4. The van der Waals surface area contributed by atoms with Gasteiger partial charge in [-0.3, -0.25) is 14.4 Å². The molecule has 0 aliphatic heterocycles. The minimum Gasteiger partial charge on any atom is -0.481 e. The lowest BCUT2D eigenvalue weighted by Gasteiger charge is -2.19. The first kappa shape index (κ1) is 28.9. The number of benzene rings is 2. The number of aryl methyl sites for hydroxylation is 3. The number of nitrogens with one attached hydrogen (secondary N) is 2.